The van der Waals surface area contributed by atoms with Crippen LogP contribution in [0.15, 0.2) is 24.3 Å². The number of hydrogen-bond acceptors (Lipinski definition) is 5. The average Bonchev–Trinajstić information content (AvgIpc) is 2.83. The largest absolute Gasteiger partial charge is 0.405 e. The third-order valence-corrected chi connectivity index (χ3v) is 10.2. The van der Waals surface area contributed by atoms with Gasteiger partial charge in [-0.3, -0.25) is 24.5 Å². The van der Waals surface area contributed by atoms with Crippen molar-refractivity contribution in [2.75, 3.05) is 0 Å². The van der Waals surface area contributed by atoms with Crippen molar-refractivity contribution in [3.63, 3.8) is 0 Å². The van der Waals surface area contributed by atoms with E-state index in [1.165, 1.54) is 12.1 Å². The van der Waals surface area contributed by atoms with Crippen molar-refractivity contribution >= 4 is 31.9 Å². The van der Waals surface area contributed by atoms with E-state index < -0.39 is 50.3 Å². The van der Waals surface area contributed by atoms with Crippen LogP contribution in [-0.2, 0) is 14.0 Å². The smallest absolute Gasteiger partial charge is 0.286 e. The summed E-state index contributed by atoms with van der Waals surface area (Å²) in [7, 11) is -2.48. The first kappa shape index (κ1) is 20.3. The highest BCUT2D eigenvalue weighted by Crippen LogP contribution is 2.41. The number of fused-ring (bicyclic) bond motifs is 1. The summed E-state index contributed by atoms with van der Waals surface area (Å²) in [5.41, 5.74) is 0.0483. The van der Waals surface area contributed by atoms with E-state index in [0.717, 1.165) is 0 Å². The molecule has 1 N–H and O–H groups in total. The van der Waals surface area contributed by atoms with Gasteiger partial charge in [0.05, 0.1) is 11.1 Å². The zero-order valence-corrected chi connectivity index (χ0v) is 17.5. The van der Waals surface area contributed by atoms with Crippen molar-refractivity contribution in [3.8, 4) is 0 Å². The van der Waals surface area contributed by atoms with Gasteiger partial charge in [0.15, 0.2) is 8.32 Å². The third-order valence-electron chi connectivity index (χ3n) is 5.72. The van der Waals surface area contributed by atoms with Gasteiger partial charge in [-0.1, -0.05) is 32.9 Å². The summed E-state index contributed by atoms with van der Waals surface area (Å²) >= 11 is 0. The van der Waals surface area contributed by atoms with Gasteiger partial charge in [-0.05, 0) is 30.3 Å². The molecule has 3 rings (SSSR count). The van der Waals surface area contributed by atoms with E-state index in [1.807, 2.05) is 39.2 Å². The maximum absolute atomic E-state index is 15.9. The lowest BCUT2D eigenvalue weighted by atomic mass is 9.99. The number of imide groups is 2. The molecule has 2 aliphatic heterocycles. The molecular weight excluding hydrogens is 383 g/mol. The van der Waals surface area contributed by atoms with Crippen molar-refractivity contribution in [3.05, 3.63) is 35.4 Å². The molecule has 7 nitrogen and oxygen atoms in total. The van der Waals surface area contributed by atoms with Crippen molar-refractivity contribution in [1.82, 2.24) is 10.2 Å². The fourth-order valence-electron chi connectivity index (χ4n) is 3.05. The van der Waals surface area contributed by atoms with Gasteiger partial charge in [0, 0.05) is 6.42 Å². The molecule has 2 heterocycles. The molecule has 2 atom stereocenters. The van der Waals surface area contributed by atoms with Gasteiger partial charge < -0.3 is 4.43 Å². The number of halogens is 1. The molecule has 1 fully saturated rings. The summed E-state index contributed by atoms with van der Waals surface area (Å²) in [6.07, 6.45) is -2.01. The van der Waals surface area contributed by atoms with Crippen molar-refractivity contribution in [1.29, 1.82) is 0 Å². The van der Waals surface area contributed by atoms with E-state index in [-0.39, 0.29) is 16.2 Å². The van der Waals surface area contributed by atoms with Gasteiger partial charge in [-0.25, -0.2) is 9.29 Å². The quantitative estimate of drug-likeness (QED) is 0.473. The number of carbonyl (C=O) groups excluding carboxylic acids is 4. The summed E-state index contributed by atoms with van der Waals surface area (Å²) in [6, 6.07) is 5.89. The second-order valence-corrected chi connectivity index (χ2v) is 13.4. The SMILES string of the molecule is CC(C)(C)[Si](C)(C)O[C@H]1C[C@@](F)(N2C(=O)c3ccccc3C2=O)C(=O)NC1=O. The molecule has 28 heavy (non-hydrogen) atoms. The molecule has 1 aromatic rings. The van der Waals surface area contributed by atoms with Crippen LogP contribution in [0, 0.1) is 0 Å². The normalized spacial score (nSPS) is 25.8. The lowest BCUT2D eigenvalue weighted by Crippen LogP contribution is -2.67. The molecule has 0 radical (unpaired) electrons. The summed E-state index contributed by atoms with van der Waals surface area (Å²) in [5.74, 6) is -6.91. The fourth-order valence-corrected chi connectivity index (χ4v) is 4.31. The molecule has 2 aliphatic rings. The van der Waals surface area contributed by atoms with Crippen LogP contribution in [0.3, 0.4) is 0 Å². The Morgan fingerprint density at radius 3 is 2.07 bits per heavy atom. The minimum absolute atomic E-state index is 0.0242. The third kappa shape index (κ3) is 2.98. The van der Waals surface area contributed by atoms with Crippen LogP contribution in [-0.4, -0.2) is 48.7 Å². The predicted molar refractivity (Wildman–Crippen MR) is 101 cm³/mol. The number of carbonyl (C=O) groups is 4. The number of alkyl halides is 1. The molecule has 0 spiro atoms. The van der Waals surface area contributed by atoms with E-state index >= 15 is 4.39 Å². The Labute approximate surface area is 163 Å². The zero-order chi connectivity index (χ0) is 21.1. The second-order valence-electron chi connectivity index (χ2n) is 8.64. The predicted octanol–water partition coefficient (Wildman–Crippen LogP) is 2.39. The van der Waals surface area contributed by atoms with Crippen LogP contribution in [0.5, 0.6) is 0 Å². The minimum atomic E-state index is -3.01. The van der Waals surface area contributed by atoms with Crippen molar-refractivity contribution in [2.45, 2.75) is 57.2 Å². The van der Waals surface area contributed by atoms with Crippen LogP contribution >= 0.6 is 0 Å². The first-order chi connectivity index (χ1) is 12.8. The fraction of sp³-hybridized carbons (Fsp3) is 0.474. The Morgan fingerprint density at radius 1 is 1.11 bits per heavy atom. The highest BCUT2D eigenvalue weighted by atomic mass is 28.4. The standard InChI is InChI=1S/C19H23FN2O5Si/c1-18(2,3)28(4,5)27-13-10-19(20,17(26)21-14(13)23)22-15(24)11-8-6-7-9-12(11)16(22)25/h6-9,13H,10H2,1-5H3,(H,21,23,26)/t13-,19+/m0/s1. The van der Waals surface area contributed by atoms with Crippen LogP contribution in [0.1, 0.15) is 47.9 Å². The van der Waals surface area contributed by atoms with E-state index in [2.05, 4.69) is 0 Å². The van der Waals surface area contributed by atoms with Crippen LogP contribution in [0.25, 0.3) is 0 Å². The molecular formula is C19H23FN2O5Si. The van der Waals surface area contributed by atoms with Crippen LogP contribution < -0.4 is 5.32 Å². The molecule has 150 valence electrons. The monoisotopic (exact) mass is 406 g/mol. The Morgan fingerprint density at radius 2 is 1.61 bits per heavy atom. The Hall–Kier alpha value is -2.39. The van der Waals surface area contributed by atoms with Gasteiger partial charge in [0.25, 0.3) is 29.4 Å². The maximum atomic E-state index is 15.9. The first-order valence-corrected chi connectivity index (χ1v) is 11.9. The number of rotatable bonds is 3. The maximum Gasteiger partial charge on any atom is 0.286 e. The van der Waals surface area contributed by atoms with Crippen LogP contribution in [0.2, 0.25) is 18.1 Å². The summed E-state index contributed by atoms with van der Waals surface area (Å²) < 4.78 is 21.9. The summed E-state index contributed by atoms with van der Waals surface area (Å²) in [5, 5.41) is 1.68. The number of nitrogens with zero attached hydrogens (tertiary/aromatic N) is 1. The Bertz CT molecular complexity index is 860. The lowest BCUT2D eigenvalue weighted by Gasteiger charge is -2.43. The Balaban J connectivity index is 1.95. The van der Waals surface area contributed by atoms with Gasteiger partial charge >= 0.3 is 0 Å². The number of benzene rings is 1. The Kier molecular flexibility index (Phi) is 4.59. The number of piperidine rings is 1. The topological polar surface area (TPSA) is 92.8 Å². The molecule has 0 aromatic heterocycles. The zero-order valence-electron chi connectivity index (χ0n) is 16.5. The van der Waals surface area contributed by atoms with E-state index in [4.69, 9.17) is 4.43 Å². The molecule has 0 saturated carbocycles. The number of nitrogens with one attached hydrogen (secondary N) is 1. The highest BCUT2D eigenvalue weighted by Gasteiger charge is 2.60. The van der Waals surface area contributed by atoms with E-state index in [1.54, 1.807) is 12.1 Å². The van der Waals surface area contributed by atoms with Crippen molar-refractivity contribution in [2.24, 2.45) is 0 Å². The minimum Gasteiger partial charge on any atom is -0.405 e. The van der Waals surface area contributed by atoms with Gasteiger partial charge in [0.2, 0.25) is 0 Å². The molecule has 0 unspecified atom stereocenters. The molecule has 1 saturated heterocycles. The molecule has 9 heteroatoms. The molecule has 0 bridgehead atoms. The van der Waals surface area contributed by atoms with Gasteiger partial charge in [-0.15, -0.1) is 0 Å². The van der Waals surface area contributed by atoms with E-state index in [9.17, 15) is 19.2 Å². The summed E-state index contributed by atoms with van der Waals surface area (Å²) in [4.78, 5) is 50.3. The average molecular weight is 406 g/mol. The van der Waals surface area contributed by atoms with Crippen LogP contribution in [0.4, 0.5) is 4.39 Å². The van der Waals surface area contributed by atoms with Gasteiger partial charge in [-0.2, -0.15) is 0 Å². The number of amides is 4. The highest BCUT2D eigenvalue weighted by molar-refractivity contribution is 6.74. The molecule has 1 aromatic carbocycles. The van der Waals surface area contributed by atoms with E-state index in [0.29, 0.717) is 4.90 Å². The summed E-state index contributed by atoms with van der Waals surface area (Å²) in [6.45, 7) is 9.64. The second kappa shape index (κ2) is 6.31. The van der Waals surface area contributed by atoms with Gasteiger partial charge in [0.1, 0.15) is 6.10 Å². The molecule has 0 aliphatic carbocycles. The lowest BCUT2D eigenvalue weighted by molar-refractivity contribution is -0.159. The molecule has 4 amide bonds. The first-order valence-electron chi connectivity index (χ1n) is 8.99. The number of hydrogen-bond donors (Lipinski definition) is 1. The van der Waals surface area contributed by atoms with Crippen molar-refractivity contribution < 1.29 is 28.0 Å².